The summed E-state index contributed by atoms with van der Waals surface area (Å²) in [5.41, 5.74) is 3.54. The zero-order valence-corrected chi connectivity index (χ0v) is 48.9. The van der Waals surface area contributed by atoms with Crippen LogP contribution in [0.2, 0.25) is 0 Å². The number of aryl methyl sites for hydroxylation is 2. The van der Waals surface area contributed by atoms with Gasteiger partial charge in [0.2, 0.25) is 0 Å². The average Bonchev–Trinajstić information content (AvgIpc) is 1.28. The average molecular weight is 1290 g/mol. The topological polar surface area (TPSA) is 183 Å². The predicted octanol–water partition coefficient (Wildman–Crippen LogP) is 12.3. The van der Waals surface area contributed by atoms with Crippen LogP contribution in [0.3, 0.4) is 0 Å². The summed E-state index contributed by atoms with van der Waals surface area (Å²) in [5.74, 6) is 0.718. The predicted molar refractivity (Wildman–Crippen MR) is 290 cm³/mol. The minimum absolute atomic E-state index is 0.0579. The van der Waals surface area contributed by atoms with Gasteiger partial charge in [-0.3, -0.25) is 0 Å². The van der Waals surface area contributed by atoms with Crippen LogP contribution in [0.25, 0.3) is 12.2 Å². The van der Waals surface area contributed by atoms with Gasteiger partial charge >= 0.3 is 77.9 Å². The minimum atomic E-state index is -10.7. The molecule has 0 radical (unpaired) electrons. The normalized spacial score (nSPS) is 17.4. The van der Waals surface area contributed by atoms with E-state index in [9.17, 15) is 64.7 Å². The number of rotatable bonds is 2. The van der Waals surface area contributed by atoms with E-state index in [1.54, 1.807) is 36.4 Å². The number of carbonyl (C=O) groups is 3. The van der Waals surface area contributed by atoms with Gasteiger partial charge in [-0.15, -0.1) is 0 Å². The van der Waals surface area contributed by atoms with Crippen molar-refractivity contribution in [2.24, 2.45) is 14.1 Å². The van der Waals surface area contributed by atoms with Crippen LogP contribution in [0.15, 0.2) is 104 Å². The molecular weight excluding hydrogens is 1220 g/mol. The molecule has 0 amide bonds. The quantitative estimate of drug-likeness (QED) is 0.0703. The minimum Gasteiger partial charge on any atom is -0.491 e. The van der Waals surface area contributed by atoms with Gasteiger partial charge < -0.3 is 61.6 Å². The van der Waals surface area contributed by atoms with E-state index >= 15 is 0 Å². The zero-order valence-electron chi connectivity index (χ0n) is 47.1. The largest absolute Gasteiger partial charge is 0.491 e. The number of Topliss-reactive ketones (excluding diaryl/α,β-unsaturated/α-hetero) is 1. The van der Waals surface area contributed by atoms with E-state index in [1.165, 1.54) is 43.2 Å². The van der Waals surface area contributed by atoms with Crippen molar-refractivity contribution >= 4 is 45.5 Å². The fourth-order valence-electron chi connectivity index (χ4n) is 6.27. The Morgan fingerprint density at radius 3 is 0.884 bits per heavy atom. The molecule has 18 nitrogen and oxygen atoms in total. The smallest absolute Gasteiger partial charge is 0.357 e. The van der Waals surface area contributed by atoms with E-state index in [0.717, 1.165) is 0 Å². The second kappa shape index (κ2) is 33.4. The van der Waals surface area contributed by atoms with Crippen LogP contribution in [0.1, 0.15) is 57.1 Å². The molecule has 5 aromatic rings. The van der Waals surface area contributed by atoms with Gasteiger partial charge in [-0.25, -0.2) is 23.7 Å². The standard InChI is InChI=1S/C37H45NO14.C14H16N2.C3H6O.2F6P/c39-36-34-2-1-3-35(38-34)37(40)52-27-29-22-32-25-33(23-29)50-19-15-46-11-7-42-5-9-44-13-17-48-31-21-28(26-51-36)20-30(24-31)47-16-12-43-8-4-41-6-10-45-14-18-49-32;1-15-9-5-13(6-10-15)3-4-14-7-11-16(2)12-8-14;1-3(2)4;2*1-7(2,3,4,5)6/h1-3,20-25H,4-19,26-27H2;3-12H,1-2H3;1-2H3;;/q;+2;;2*-1/b;4-3+;;;. The molecule has 0 unspecified atom stereocenters. The fraction of sp³-hybridized carbons (Fsp3) is 0.407. The van der Waals surface area contributed by atoms with Crippen molar-refractivity contribution in [1.29, 1.82) is 0 Å². The molecule has 0 saturated heterocycles. The van der Waals surface area contributed by atoms with Gasteiger partial charge in [0.15, 0.2) is 24.8 Å². The third-order valence-corrected chi connectivity index (χ3v) is 9.74. The number of hydrogen-bond acceptors (Lipinski definition) is 16. The molecule has 7 rings (SSSR count). The summed E-state index contributed by atoms with van der Waals surface area (Å²) in [6.45, 7) is 8.36. The Kier molecular flexibility index (Phi) is 28.5. The number of hydrogen-bond donors (Lipinski definition) is 0. The first kappa shape index (κ1) is 73.5. The Labute approximate surface area is 487 Å². The molecule has 2 aromatic carbocycles. The number of benzene rings is 2. The third-order valence-electron chi connectivity index (χ3n) is 9.74. The van der Waals surface area contributed by atoms with Gasteiger partial charge in [0.1, 0.15) is 93.9 Å². The van der Waals surface area contributed by atoms with Crippen molar-refractivity contribution in [1.82, 2.24) is 4.98 Å². The Morgan fingerprint density at radius 2 is 0.640 bits per heavy atom. The van der Waals surface area contributed by atoms with Gasteiger partial charge in [-0.2, -0.15) is 0 Å². The summed E-state index contributed by atoms with van der Waals surface area (Å²) in [5, 5.41) is 0. The van der Waals surface area contributed by atoms with Crippen LogP contribution in [0, 0.1) is 0 Å². The van der Waals surface area contributed by atoms with Gasteiger partial charge in [-0.05, 0) is 72.5 Å². The number of ketones is 1. The molecule has 32 heteroatoms. The van der Waals surface area contributed by atoms with E-state index < -0.39 is 27.6 Å². The van der Waals surface area contributed by atoms with Crippen LogP contribution in [0.4, 0.5) is 50.4 Å². The summed E-state index contributed by atoms with van der Waals surface area (Å²) in [7, 11) is -17.3. The number of nitrogens with zero attached hydrogens (tertiary/aromatic N) is 3. The number of pyridine rings is 3. The number of ether oxygens (including phenoxy) is 12. The Hall–Kier alpha value is -6.78. The number of aromatic nitrogens is 3. The van der Waals surface area contributed by atoms with E-state index in [4.69, 9.17) is 56.8 Å². The molecule has 0 atom stereocenters. The molecule has 8 bridgehead atoms. The van der Waals surface area contributed by atoms with Crippen LogP contribution in [-0.2, 0) is 70.0 Å². The molecule has 0 aliphatic carbocycles. The molecule has 0 fully saturated rings. The monoisotopic (exact) mass is 1290 g/mol. The first-order chi connectivity index (χ1) is 40.0. The van der Waals surface area contributed by atoms with E-state index in [2.05, 4.69) is 41.4 Å². The van der Waals surface area contributed by atoms with Crippen LogP contribution < -0.4 is 28.1 Å². The van der Waals surface area contributed by atoms with Gasteiger partial charge in [0.25, 0.3) is 0 Å². The maximum absolute atomic E-state index is 13.0. The van der Waals surface area contributed by atoms with Crippen LogP contribution >= 0.6 is 15.6 Å². The summed E-state index contributed by atoms with van der Waals surface area (Å²) < 4.78 is 191. The van der Waals surface area contributed by atoms with Gasteiger partial charge in [-0.1, -0.05) is 18.2 Å². The SMILES string of the molecule is CC(C)=O.C[n+]1ccc(/C=C/c2cc[n+](C)cc2)cc1.F[P-](F)(F)(F)(F)F.F[P-](F)(F)(F)(F)F.O=C1OCc2cc3cc(c2)OCCOCCOCCOCCOc2cc(cc(c2)OCCOCCOCCOCCO3)COC(=O)c2cccc1n2. The maximum atomic E-state index is 13.0. The van der Waals surface area contributed by atoms with E-state index in [-0.39, 0.29) is 56.8 Å². The van der Waals surface area contributed by atoms with Crippen molar-refractivity contribution in [3.63, 3.8) is 0 Å². The first-order valence-electron chi connectivity index (χ1n) is 25.8. The third kappa shape index (κ3) is 42.9. The molecule has 0 spiro atoms. The molecule has 3 aromatic heterocycles. The molecule has 0 saturated carbocycles. The second-order valence-electron chi connectivity index (χ2n) is 18.0. The van der Waals surface area contributed by atoms with Crippen molar-refractivity contribution < 1.29 is 131 Å². The Bertz CT molecular complexity index is 2640. The molecule has 482 valence electrons. The molecule has 5 heterocycles. The van der Waals surface area contributed by atoms with Crippen molar-refractivity contribution in [2.75, 3.05) is 106 Å². The summed E-state index contributed by atoms with van der Waals surface area (Å²) >= 11 is 0. The van der Waals surface area contributed by atoms with Gasteiger partial charge in [0.05, 0.1) is 79.3 Å². The first-order valence-corrected chi connectivity index (χ1v) is 29.8. The zero-order chi connectivity index (χ0) is 63.8. The molecular formula is C54H67F12N3O15P2. The van der Waals surface area contributed by atoms with Crippen LogP contribution in [0.5, 0.6) is 23.0 Å². The molecule has 86 heavy (non-hydrogen) atoms. The van der Waals surface area contributed by atoms with E-state index in [1.807, 2.05) is 48.0 Å². The Balaban J connectivity index is 0.000000457. The Morgan fingerprint density at radius 1 is 0.407 bits per heavy atom. The molecule has 2 aliphatic rings. The van der Waals surface area contributed by atoms with Crippen molar-refractivity contribution in [3.8, 4) is 23.0 Å². The number of esters is 2. The summed E-state index contributed by atoms with van der Waals surface area (Å²) in [6, 6.07) is 23.3. The fourth-order valence-corrected chi connectivity index (χ4v) is 6.27. The maximum Gasteiger partial charge on any atom is 0.357 e. The summed E-state index contributed by atoms with van der Waals surface area (Å²) in [6.07, 6.45) is 12.4. The van der Waals surface area contributed by atoms with E-state index in [0.29, 0.717) is 113 Å². The van der Waals surface area contributed by atoms with Crippen LogP contribution in [-0.4, -0.2) is 128 Å². The second-order valence-corrected chi connectivity index (χ2v) is 21.8. The number of halogens is 12. The van der Waals surface area contributed by atoms with Crippen molar-refractivity contribution in [2.45, 2.75) is 27.1 Å². The number of carbonyl (C=O) groups excluding carboxylic acids is 3. The molecule has 0 N–H and O–H groups in total. The summed E-state index contributed by atoms with van der Waals surface area (Å²) in [4.78, 5) is 39.7. The number of fused-ring (bicyclic) bond motifs is 8. The molecule has 2 aliphatic heterocycles. The van der Waals surface area contributed by atoms with Gasteiger partial charge in [0, 0.05) is 36.4 Å². The van der Waals surface area contributed by atoms with Crippen molar-refractivity contribution in [3.05, 3.63) is 137 Å².